The Morgan fingerprint density at radius 1 is 1.32 bits per heavy atom. The lowest BCUT2D eigenvalue weighted by Crippen LogP contribution is -2.47. The van der Waals surface area contributed by atoms with E-state index in [-0.39, 0.29) is 17.5 Å². The number of para-hydroxylation sites is 1. The number of likely N-dealkylation sites (tertiary alicyclic amines) is 1. The Bertz CT molecular complexity index is 683. The van der Waals surface area contributed by atoms with Gasteiger partial charge in [-0.2, -0.15) is 0 Å². The van der Waals surface area contributed by atoms with Gasteiger partial charge in [-0.3, -0.25) is 19.7 Å². The van der Waals surface area contributed by atoms with E-state index in [1.54, 1.807) is 28.0 Å². The molecule has 0 aliphatic carbocycles. The Hall–Kier alpha value is -2.70. The van der Waals surface area contributed by atoms with Crippen LogP contribution in [0.2, 0.25) is 0 Å². The molecule has 1 fully saturated rings. The zero-order valence-electron chi connectivity index (χ0n) is 14.6. The number of hydrogen-bond acceptors (Lipinski definition) is 4. The van der Waals surface area contributed by atoms with E-state index in [0.29, 0.717) is 31.6 Å². The van der Waals surface area contributed by atoms with Crippen molar-refractivity contribution >= 4 is 23.6 Å². The Balaban J connectivity index is 2.14. The number of nitrogens with zero attached hydrogens (tertiary/aromatic N) is 3. The summed E-state index contributed by atoms with van der Waals surface area (Å²) in [6, 6.07) is 5.80. The van der Waals surface area contributed by atoms with Gasteiger partial charge in [0.15, 0.2) is 0 Å². The van der Waals surface area contributed by atoms with Gasteiger partial charge in [0.05, 0.1) is 10.5 Å². The van der Waals surface area contributed by atoms with Gasteiger partial charge < -0.3 is 9.80 Å². The van der Waals surface area contributed by atoms with Crippen LogP contribution in [0.3, 0.4) is 0 Å². The molecule has 7 nitrogen and oxygen atoms in total. The van der Waals surface area contributed by atoms with Crippen molar-refractivity contribution < 1.29 is 14.5 Å². The standard InChI is InChI=1S/C18H23N3O4/c1-3-19(4-2)18(23)16-10-7-13-20(16)17(22)12-11-14-8-5-6-9-15(14)21(24)25/h5-6,8-9,11-12,16H,3-4,7,10,13H2,1-2H3. The van der Waals surface area contributed by atoms with Crippen molar-refractivity contribution in [3.63, 3.8) is 0 Å². The maximum atomic E-state index is 12.6. The summed E-state index contributed by atoms with van der Waals surface area (Å²) < 4.78 is 0. The number of nitro benzene ring substituents is 1. The third-order valence-corrected chi connectivity index (χ3v) is 4.43. The van der Waals surface area contributed by atoms with Crippen LogP contribution in [0, 0.1) is 10.1 Å². The summed E-state index contributed by atoms with van der Waals surface area (Å²) >= 11 is 0. The quantitative estimate of drug-likeness (QED) is 0.450. The number of likely N-dealkylation sites (N-methyl/N-ethyl adjacent to an activating group) is 1. The van der Waals surface area contributed by atoms with Crippen LogP contribution in [0.4, 0.5) is 5.69 Å². The van der Waals surface area contributed by atoms with E-state index in [4.69, 9.17) is 0 Å². The van der Waals surface area contributed by atoms with Crippen LogP contribution < -0.4 is 0 Å². The first-order valence-electron chi connectivity index (χ1n) is 8.50. The largest absolute Gasteiger partial charge is 0.341 e. The second-order valence-corrected chi connectivity index (χ2v) is 5.85. The molecule has 0 bridgehead atoms. The number of rotatable bonds is 6. The molecule has 1 aromatic rings. The predicted molar refractivity (Wildman–Crippen MR) is 94.8 cm³/mol. The van der Waals surface area contributed by atoms with Crippen molar-refractivity contribution in [3.8, 4) is 0 Å². The fraction of sp³-hybridized carbons (Fsp3) is 0.444. The molecule has 0 N–H and O–H groups in total. The molecule has 1 heterocycles. The molecule has 1 aliphatic heterocycles. The van der Waals surface area contributed by atoms with E-state index in [2.05, 4.69) is 0 Å². The van der Waals surface area contributed by atoms with E-state index in [9.17, 15) is 19.7 Å². The van der Waals surface area contributed by atoms with Crippen LogP contribution >= 0.6 is 0 Å². The second kappa shape index (κ2) is 8.41. The predicted octanol–water partition coefficient (Wildman–Crippen LogP) is 2.47. The summed E-state index contributed by atoms with van der Waals surface area (Å²) in [5, 5.41) is 11.0. The fourth-order valence-electron chi connectivity index (χ4n) is 3.08. The molecule has 1 saturated heterocycles. The highest BCUT2D eigenvalue weighted by Gasteiger charge is 2.34. The van der Waals surface area contributed by atoms with Crippen LogP contribution in [0.25, 0.3) is 6.08 Å². The molecule has 2 amide bonds. The molecule has 0 aromatic heterocycles. The molecule has 2 rings (SSSR count). The van der Waals surface area contributed by atoms with Crippen molar-refractivity contribution in [3.05, 3.63) is 46.0 Å². The highest BCUT2D eigenvalue weighted by molar-refractivity contribution is 5.96. The normalized spacial score (nSPS) is 17.0. The summed E-state index contributed by atoms with van der Waals surface area (Å²) in [5.41, 5.74) is 0.315. The SMILES string of the molecule is CCN(CC)C(=O)C1CCCN1C(=O)C=Cc1ccccc1[N+](=O)[O-]. The van der Waals surface area contributed by atoms with E-state index >= 15 is 0 Å². The molecule has 25 heavy (non-hydrogen) atoms. The number of carbonyl (C=O) groups is 2. The van der Waals surface area contributed by atoms with Gasteiger partial charge in [0.2, 0.25) is 11.8 Å². The topological polar surface area (TPSA) is 83.8 Å². The molecular weight excluding hydrogens is 322 g/mol. The maximum absolute atomic E-state index is 12.6. The molecule has 0 spiro atoms. The van der Waals surface area contributed by atoms with E-state index < -0.39 is 11.0 Å². The van der Waals surface area contributed by atoms with Gasteiger partial charge in [0.25, 0.3) is 5.69 Å². The average Bonchev–Trinajstić information content (AvgIpc) is 3.10. The monoisotopic (exact) mass is 345 g/mol. The number of hydrogen-bond donors (Lipinski definition) is 0. The van der Waals surface area contributed by atoms with Gasteiger partial charge in [0.1, 0.15) is 6.04 Å². The summed E-state index contributed by atoms with van der Waals surface area (Å²) in [6.07, 6.45) is 4.19. The molecule has 0 radical (unpaired) electrons. The molecule has 1 aromatic carbocycles. The van der Waals surface area contributed by atoms with Crippen molar-refractivity contribution in [2.75, 3.05) is 19.6 Å². The van der Waals surface area contributed by atoms with Gasteiger partial charge in [-0.15, -0.1) is 0 Å². The zero-order valence-corrected chi connectivity index (χ0v) is 14.6. The molecule has 134 valence electrons. The van der Waals surface area contributed by atoms with Gasteiger partial charge in [-0.05, 0) is 38.8 Å². The molecule has 7 heteroatoms. The number of amides is 2. The minimum absolute atomic E-state index is 0.0325. The van der Waals surface area contributed by atoms with Crippen molar-refractivity contribution in [2.45, 2.75) is 32.7 Å². The minimum atomic E-state index is -0.479. The van der Waals surface area contributed by atoms with E-state index in [0.717, 1.165) is 6.42 Å². The first kappa shape index (κ1) is 18.6. The molecule has 1 atom stereocenters. The third kappa shape index (κ3) is 4.23. The summed E-state index contributed by atoms with van der Waals surface area (Å²) in [6.45, 7) is 5.57. The Morgan fingerprint density at radius 3 is 2.64 bits per heavy atom. The lowest BCUT2D eigenvalue weighted by molar-refractivity contribution is -0.385. The number of benzene rings is 1. The average molecular weight is 345 g/mol. The van der Waals surface area contributed by atoms with Crippen LogP contribution in [-0.4, -0.2) is 52.2 Å². The van der Waals surface area contributed by atoms with Crippen LogP contribution in [-0.2, 0) is 9.59 Å². The van der Waals surface area contributed by atoms with Gasteiger partial charge in [-0.1, -0.05) is 12.1 Å². The van der Waals surface area contributed by atoms with Crippen molar-refractivity contribution in [2.24, 2.45) is 0 Å². The van der Waals surface area contributed by atoms with Gasteiger partial charge in [0, 0.05) is 31.8 Å². The molecule has 1 unspecified atom stereocenters. The zero-order chi connectivity index (χ0) is 18.4. The van der Waals surface area contributed by atoms with Crippen molar-refractivity contribution in [1.82, 2.24) is 9.80 Å². The van der Waals surface area contributed by atoms with Crippen LogP contribution in [0.15, 0.2) is 30.3 Å². The lowest BCUT2D eigenvalue weighted by Gasteiger charge is -2.28. The number of nitro groups is 1. The molecule has 1 aliphatic rings. The van der Waals surface area contributed by atoms with Crippen LogP contribution in [0.5, 0.6) is 0 Å². The van der Waals surface area contributed by atoms with Gasteiger partial charge in [-0.25, -0.2) is 0 Å². The number of carbonyl (C=O) groups excluding carboxylic acids is 2. The van der Waals surface area contributed by atoms with E-state index in [1.165, 1.54) is 18.2 Å². The van der Waals surface area contributed by atoms with Crippen molar-refractivity contribution in [1.29, 1.82) is 0 Å². The summed E-state index contributed by atoms with van der Waals surface area (Å²) in [5.74, 6) is -0.323. The highest BCUT2D eigenvalue weighted by Crippen LogP contribution is 2.22. The fourth-order valence-corrected chi connectivity index (χ4v) is 3.08. The first-order valence-corrected chi connectivity index (χ1v) is 8.50. The van der Waals surface area contributed by atoms with E-state index in [1.807, 2.05) is 13.8 Å². The smallest absolute Gasteiger partial charge is 0.276 e. The first-order chi connectivity index (χ1) is 12.0. The Morgan fingerprint density at radius 2 is 2.00 bits per heavy atom. The third-order valence-electron chi connectivity index (χ3n) is 4.43. The summed E-state index contributed by atoms with van der Waals surface area (Å²) in [7, 11) is 0. The lowest BCUT2D eigenvalue weighted by atomic mass is 10.1. The summed E-state index contributed by atoms with van der Waals surface area (Å²) in [4.78, 5) is 38.9. The highest BCUT2D eigenvalue weighted by atomic mass is 16.6. The molecule has 0 saturated carbocycles. The van der Waals surface area contributed by atoms with Crippen LogP contribution in [0.1, 0.15) is 32.3 Å². The minimum Gasteiger partial charge on any atom is -0.341 e. The Labute approximate surface area is 147 Å². The second-order valence-electron chi connectivity index (χ2n) is 5.85. The Kier molecular flexibility index (Phi) is 6.27. The molecular formula is C18H23N3O4. The maximum Gasteiger partial charge on any atom is 0.276 e. The van der Waals surface area contributed by atoms with Gasteiger partial charge >= 0.3 is 0 Å².